The molecule has 0 amide bonds. The van der Waals surface area contributed by atoms with Gasteiger partial charge in [-0.15, -0.1) is 11.3 Å². The van der Waals surface area contributed by atoms with Gasteiger partial charge in [-0.1, -0.05) is 17.7 Å². The Morgan fingerprint density at radius 1 is 1.06 bits per heavy atom. The Bertz CT molecular complexity index is 500. The highest BCUT2D eigenvalue weighted by atomic mass is 79.9. The fraction of sp³-hybridized carbons (Fsp3) is 0.308. The zero-order valence-electron chi connectivity index (χ0n) is 9.89. The SMILES string of the molecule is Cc1cc(C)c(-c2nc(C)c(Br)s2)c(C)c1. The van der Waals surface area contributed by atoms with Crippen molar-refractivity contribution in [3.63, 3.8) is 0 Å². The summed E-state index contributed by atoms with van der Waals surface area (Å²) in [4.78, 5) is 4.60. The van der Waals surface area contributed by atoms with Crippen LogP contribution >= 0.6 is 27.3 Å². The molecule has 1 nitrogen and oxygen atoms in total. The highest BCUT2D eigenvalue weighted by Crippen LogP contribution is 2.35. The van der Waals surface area contributed by atoms with Crippen molar-refractivity contribution in [2.45, 2.75) is 27.7 Å². The summed E-state index contributed by atoms with van der Waals surface area (Å²) in [5.74, 6) is 0. The lowest BCUT2D eigenvalue weighted by molar-refractivity contribution is 1.23. The van der Waals surface area contributed by atoms with Crippen molar-refractivity contribution < 1.29 is 0 Å². The van der Waals surface area contributed by atoms with Gasteiger partial charge in [0.1, 0.15) is 5.01 Å². The molecular weight excluding hydrogens is 282 g/mol. The van der Waals surface area contributed by atoms with Crippen LogP contribution in [0.4, 0.5) is 0 Å². The second kappa shape index (κ2) is 4.30. The monoisotopic (exact) mass is 295 g/mol. The molecule has 16 heavy (non-hydrogen) atoms. The van der Waals surface area contributed by atoms with Crippen LogP contribution in [-0.4, -0.2) is 4.98 Å². The predicted octanol–water partition coefficient (Wildman–Crippen LogP) is 4.81. The van der Waals surface area contributed by atoms with Gasteiger partial charge in [0.2, 0.25) is 0 Å². The summed E-state index contributed by atoms with van der Waals surface area (Å²) in [5, 5.41) is 1.11. The average Bonchev–Trinajstić information content (AvgIpc) is 2.44. The summed E-state index contributed by atoms with van der Waals surface area (Å²) < 4.78 is 1.13. The number of benzene rings is 1. The van der Waals surface area contributed by atoms with Gasteiger partial charge in [-0.05, 0) is 54.8 Å². The fourth-order valence-electron chi connectivity index (χ4n) is 2.00. The van der Waals surface area contributed by atoms with Crippen LogP contribution < -0.4 is 0 Å². The minimum atomic E-state index is 1.07. The molecule has 0 bridgehead atoms. The maximum absolute atomic E-state index is 4.60. The van der Waals surface area contributed by atoms with Gasteiger partial charge in [0.15, 0.2) is 0 Å². The number of rotatable bonds is 1. The van der Waals surface area contributed by atoms with Crippen LogP contribution in [0, 0.1) is 27.7 Å². The summed E-state index contributed by atoms with van der Waals surface area (Å²) in [6.07, 6.45) is 0. The molecule has 0 atom stereocenters. The van der Waals surface area contributed by atoms with Crippen LogP contribution in [0.25, 0.3) is 10.6 Å². The molecule has 0 saturated carbocycles. The lowest BCUT2D eigenvalue weighted by Gasteiger charge is -2.08. The third kappa shape index (κ3) is 2.06. The molecule has 2 aromatic rings. The van der Waals surface area contributed by atoms with E-state index in [1.165, 1.54) is 22.3 Å². The van der Waals surface area contributed by atoms with Gasteiger partial charge in [-0.25, -0.2) is 4.98 Å². The van der Waals surface area contributed by atoms with E-state index in [2.05, 4.69) is 53.8 Å². The smallest absolute Gasteiger partial charge is 0.125 e. The van der Waals surface area contributed by atoms with Crippen molar-refractivity contribution in [2.24, 2.45) is 0 Å². The third-order valence-electron chi connectivity index (χ3n) is 2.63. The maximum Gasteiger partial charge on any atom is 0.125 e. The minimum Gasteiger partial charge on any atom is -0.240 e. The molecule has 0 N–H and O–H groups in total. The van der Waals surface area contributed by atoms with Crippen molar-refractivity contribution >= 4 is 27.3 Å². The first-order valence-electron chi connectivity index (χ1n) is 5.20. The van der Waals surface area contributed by atoms with E-state index in [0.29, 0.717) is 0 Å². The lowest BCUT2D eigenvalue weighted by atomic mass is 10.0. The quantitative estimate of drug-likeness (QED) is 0.736. The first-order valence-corrected chi connectivity index (χ1v) is 6.81. The Balaban J connectivity index is 2.64. The average molecular weight is 296 g/mol. The van der Waals surface area contributed by atoms with Crippen LogP contribution in [0.5, 0.6) is 0 Å². The standard InChI is InChI=1S/C13H14BrNS/c1-7-5-8(2)11(9(3)6-7)13-15-10(4)12(14)16-13/h5-6H,1-4H3. The first kappa shape index (κ1) is 11.8. The zero-order valence-corrected chi connectivity index (χ0v) is 12.3. The van der Waals surface area contributed by atoms with Crippen LogP contribution in [-0.2, 0) is 0 Å². The molecule has 0 fully saturated rings. The zero-order chi connectivity index (χ0) is 11.9. The summed E-state index contributed by atoms with van der Waals surface area (Å²) in [6.45, 7) is 8.47. The van der Waals surface area contributed by atoms with Gasteiger partial charge < -0.3 is 0 Å². The number of hydrogen-bond acceptors (Lipinski definition) is 2. The van der Waals surface area contributed by atoms with E-state index in [1.807, 2.05) is 6.92 Å². The molecule has 0 aliphatic carbocycles. The molecule has 0 aliphatic heterocycles. The van der Waals surface area contributed by atoms with Gasteiger partial charge in [0.05, 0.1) is 9.48 Å². The summed E-state index contributed by atoms with van der Waals surface area (Å²) in [6, 6.07) is 4.43. The number of halogens is 1. The van der Waals surface area contributed by atoms with Crippen LogP contribution in [0.15, 0.2) is 15.9 Å². The van der Waals surface area contributed by atoms with Crippen molar-refractivity contribution in [1.29, 1.82) is 0 Å². The van der Waals surface area contributed by atoms with Crippen molar-refractivity contribution in [1.82, 2.24) is 4.98 Å². The Labute approximate surface area is 109 Å². The molecule has 0 radical (unpaired) electrons. The molecule has 0 saturated heterocycles. The number of nitrogens with zero attached hydrogens (tertiary/aromatic N) is 1. The molecule has 1 heterocycles. The highest BCUT2D eigenvalue weighted by molar-refractivity contribution is 9.11. The van der Waals surface area contributed by atoms with Crippen LogP contribution in [0.3, 0.4) is 0 Å². The van der Waals surface area contributed by atoms with E-state index in [4.69, 9.17) is 0 Å². The maximum atomic E-state index is 4.60. The van der Waals surface area contributed by atoms with Crippen molar-refractivity contribution in [2.75, 3.05) is 0 Å². The molecule has 1 aromatic carbocycles. The Hall–Kier alpha value is -0.670. The van der Waals surface area contributed by atoms with Crippen molar-refractivity contribution in [3.8, 4) is 10.6 Å². The normalized spacial score (nSPS) is 10.8. The second-order valence-corrected chi connectivity index (χ2v) is 6.47. The number of aryl methyl sites for hydroxylation is 4. The number of aromatic nitrogens is 1. The molecule has 84 valence electrons. The molecule has 1 aromatic heterocycles. The number of thiazole rings is 1. The molecule has 0 aliphatic rings. The highest BCUT2D eigenvalue weighted by Gasteiger charge is 2.12. The largest absolute Gasteiger partial charge is 0.240 e. The molecular formula is C13H14BrNS. The van der Waals surface area contributed by atoms with E-state index in [-0.39, 0.29) is 0 Å². The fourth-order valence-corrected chi connectivity index (χ4v) is 3.52. The van der Waals surface area contributed by atoms with Gasteiger partial charge in [-0.2, -0.15) is 0 Å². The number of hydrogen-bond donors (Lipinski definition) is 0. The Kier molecular flexibility index (Phi) is 3.17. The minimum absolute atomic E-state index is 1.07. The summed E-state index contributed by atoms with van der Waals surface area (Å²) in [7, 11) is 0. The van der Waals surface area contributed by atoms with Gasteiger partial charge in [0.25, 0.3) is 0 Å². The summed E-state index contributed by atoms with van der Waals surface area (Å²) in [5.41, 5.74) is 6.27. The van der Waals surface area contributed by atoms with E-state index in [1.54, 1.807) is 11.3 Å². The molecule has 0 spiro atoms. The van der Waals surface area contributed by atoms with Crippen molar-refractivity contribution in [3.05, 3.63) is 38.3 Å². The first-order chi connectivity index (χ1) is 7.49. The second-order valence-electron chi connectivity index (χ2n) is 4.15. The third-order valence-corrected chi connectivity index (χ3v) is 4.65. The van der Waals surface area contributed by atoms with Crippen LogP contribution in [0.2, 0.25) is 0 Å². The van der Waals surface area contributed by atoms with E-state index >= 15 is 0 Å². The topological polar surface area (TPSA) is 12.9 Å². The van der Waals surface area contributed by atoms with E-state index < -0.39 is 0 Å². The lowest BCUT2D eigenvalue weighted by Crippen LogP contribution is -1.89. The van der Waals surface area contributed by atoms with Gasteiger partial charge >= 0.3 is 0 Å². The van der Waals surface area contributed by atoms with Gasteiger partial charge in [-0.3, -0.25) is 0 Å². The summed E-state index contributed by atoms with van der Waals surface area (Å²) >= 11 is 5.24. The molecule has 2 rings (SSSR count). The van der Waals surface area contributed by atoms with Crippen LogP contribution in [0.1, 0.15) is 22.4 Å². The van der Waals surface area contributed by atoms with E-state index in [0.717, 1.165) is 14.5 Å². The predicted molar refractivity (Wildman–Crippen MR) is 74.2 cm³/mol. The molecule has 0 unspecified atom stereocenters. The Morgan fingerprint density at radius 2 is 1.62 bits per heavy atom. The molecule has 3 heteroatoms. The van der Waals surface area contributed by atoms with E-state index in [9.17, 15) is 0 Å². The Morgan fingerprint density at radius 3 is 2.06 bits per heavy atom. The van der Waals surface area contributed by atoms with Gasteiger partial charge in [0, 0.05) is 5.56 Å².